The van der Waals surface area contributed by atoms with Gasteiger partial charge >= 0.3 is 0 Å². The lowest BCUT2D eigenvalue weighted by Gasteiger charge is -2.08. The van der Waals surface area contributed by atoms with Crippen molar-refractivity contribution in [1.82, 2.24) is 4.72 Å². The van der Waals surface area contributed by atoms with E-state index in [2.05, 4.69) is 16.6 Å². The molecule has 0 fully saturated rings. The van der Waals surface area contributed by atoms with Crippen molar-refractivity contribution in [2.45, 2.75) is 11.3 Å². The molecule has 0 saturated carbocycles. The van der Waals surface area contributed by atoms with Gasteiger partial charge in [0, 0.05) is 12.1 Å². The number of rotatable bonds is 6. The molecule has 7 heteroatoms. The highest BCUT2D eigenvalue weighted by atomic mass is 35.5. The molecule has 0 unspecified atom stereocenters. The third-order valence-corrected chi connectivity index (χ3v) is 4.99. The van der Waals surface area contributed by atoms with Crippen molar-refractivity contribution < 1.29 is 13.5 Å². The molecule has 20 heavy (non-hydrogen) atoms. The standard InChI is InChI=1S/C13H16ClNO3S2/c1-19-9-3-7-15-20(17,18)13-6-5-11(4-2-8-16)10-12(13)14/h5-6,10,15-16H,3,7-9H2,1H3. The minimum absolute atomic E-state index is 0.0397. The molecule has 1 rings (SSSR count). The number of thioether (sulfide) groups is 1. The smallest absolute Gasteiger partial charge is 0.242 e. The first-order valence-electron chi connectivity index (χ1n) is 5.89. The van der Waals surface area contributed by atoms with Gasteiger partial charge in [0.05, 0.1) is 5.02 Å². The van der Waals surface area contributed by atoms with Gasteiger partial charge in [0.15, 0.2) is 0 Å². The predicted molar refractivity (Wildman–Crippen MR) is 83.6 cm³/mol. The normalized spacial score (nSPS) is 10.9. The Balaban J connectivity index is 2.85. The summed E-state index contributed by atoms with van der Waals surface area (Å²) in [5, 5.41) is 8.73. The monoisotopic (exact) mass is 333 g/mol. The Morgan fingerprint density at radius 1 is 1.45 bits per heavy atom. The summed E-state index contributed by atoms with van der Waals surface area (Å²) in [4.78, 5) is 0.0397. The lowest BCUT2D eigenvalue weighted by atomic mass is 10.2. The highest BCUT2D eigenvalue weighted by molar-refractivity contribution is 7.98. The second kappa shape index (κ2) is 8.55. The maximum Gasteiger partial charge on any atom is 0.242 e. The number of aliphatic hydroxyl groups is 1. The van der Waals surface area contributed by atoms with Crippen LogP contribution < -0.4 is 4.72 Å². The third-order valence-electron chi connectivity index (χ3n) is 2.35. The fourth-order valence-electron chi connectivity index (χ4n) is 1.44. The molecular weight excluding hydrogens is 318 g/mol. The fourth-order valence-corrected chi connectivity index (χ4v) is 3.49. The maximum atomic E-state index is 12.1. The average Bonchev–Trinajstić information content (AvgIpc) is 2.41. The van der Waals surface area contributed by atoms with Crippen molar-refractivity contribution in [3.63, 3.8) is 0 Å². The molecule has 110 valence electrons. The van der Waals surface area contributed by atoms with Crippen LogP contribution in [0.5, 0.6) is 0 Å². The molecule has 0 aliphatic heterocycles. The van der Waals surface area contributed by atoms with Gasteiger partial charge in [-0.2, -0.15) is 11.8 Å². The molecule has 4 nitrogen and oxygen atoms in total. The molecule has 1 aromatic carbocycles. The van der Waals surface area contributed by atoms with Gasteiger partial charge in [0.25, 0.3) is 0 Å². The van der Waals surface area contributed by atoms with E-state index in [1.807, 2.05) is 6.26 Å². The number of hydrogen-bond donors (Lipinski definition) is 2. The van der Waals surface area contributed by atoms with Gasteiger partial charge in [-0.05, 0) is 36.6 Å². The van der Waals surface area contributed by atoms with Gasteiger partial charge in [-0.3, -0.25) is 0 Å². The Labute approximate surface area is 129 Å². The first-order valence-corrected chi connectivity index (χ1v) is 9.14. The molecule has 0 heterocycles. The van der Waals surface area contributed by atoms with Crippen molar-refractivity contribution in [3.8, 4) is 11.8 Å². The molecule has 0 aliphatic rings. The predicted octanol–water partition coefficient (Wildman–Crippen LogP) is 1.72. The summed E-state index contributed by atoms with van der Waals surface area (Å²) in [5.74, 6) is 6.04. The van der Waals surface area contributed by atoms with Gasteiger partial charge in [-0.1, -0.05) is 23.4 Å². The summed E-state index contributed by atoms with van der Waals surface area (Å²) in [7, 11) is -3.60. The zero-order valence-electron chi connectivity index (χ0n) is 11.0. The molecule has 0 spiro atoms. The summed E-state index contributed by atoms with van der Waals surface area (Å²) < 4.78 is 26.6. The van der Waals surface area contributed by atoms with E-state index in [-0.39, 0.29) is 16.5 Å². The van der Waals surface area contributed by atoms with Gasteiger partial charge in [0.2, 0.25) is 10.0 Å². The number of hydrogen-bond acceptors (Lipinski definition) is 4. The lowest BCUT2D eigenvalue weighted by Crippen LogP contribution is -2.25. The zero-order chi connectivity index (χ0) is 15.0. The second-order valence-electron chi connectivity index (χ2n) is 3.85. The van der Waals surface area contributed by atoms with Crippen LogP contribution >= 0.6 is 23.4 Å². The molecule has 0 atom stereocenters. The minimum atomic E-state index is -3.60. The van der Waals surface area contributed by atoms with Crippen LogP contribution in [0.4, 0.5) is 0 Å². The molecular formula is C13H16ClNO3S2. The molecule has 0 radical (unpaired) electrons. The number of sulfonamides is 1. The van der Waals surface area contributed by atoms with E-state index in [1.165, 1.54) is 12.1 Å². The second-order valence-corrected chi connectivity index (χ2v) is 6.98. The van der Waals surface area contributed by atoms with E-state index in [0.29, 0.717) is 12.1 Å². The topological polar surface area (TPSA) is 66.4 Å². The van der Waals surface area contributed by atoms with Crippen LogP contribution in [-0.2, 0) is 10.0 Å². The Morgan fingerprint density at radius 3 is 2.80 bits per heavy atom. The van der Waals surface area contributed by atoms with Gasteiger partial charge in [-0.15, -0.1) is 0 Å². The van der Waals surface area contributed by atoms with E-state index in [1.54, 1.807) is 17.8 Å². The molecule has 1 aromatic rings. The van der Waals surface area contributed by atoms with Crippen LogP contribution in [0.15, 0.2) is 23.1 Å². The number of benzene rings is 1. The Hall–Kier alpha value is -0.710. The number of nitrogens with one attached hydrogen (secondary N) is 1. The van der Waals surface area contributed by atoms with Crippen molar-refractivity contribution in [2.75, 3.05) is 25.2 Å². The SMILES string of the molecule is CSCCCNS(=O)(=O)c1ccc(C#CCO)cc1Cl. The summed E-state index contributed by atoms with van der Waals surface area (Å²) in [6, 6.07) is 4.45. The molecule has 0 aliphatic carbocycles. The van der Waals surface area contributed by atoms with Crippen LogP contribution in [0.2, 0.25) is 5.02 Å². The molecule has 2 N–H and O–H groups in total. The highest BCUT2D eigenvalue weighted by Crippen LogP contribution is 2.22. The molecule has 0 amide bonds. The maximum absolute atomic E-state index is 12.1. The van der Waals surface area contributed by atoms with Crippen molar-refractivity contribution in [1.29, 1.82) is 0 Å². The summed E-state index contributed by atoms with van der Waals surface area (Å²) in [6.07, 6.45) is 2.73. The number of aliphatic hydroxyl groups excluding tert-OH is 1. The Bertz CT molecular complexity index is 606. The quantitative estimate of drug-likeness (QED) is 0.614. The first kappa shape index (κ1) is 17.3. The van der Waals surface area contributed by atoms with E-state index in [4.69, 9.17) is 16.7 Å². The van der Waals surface area contributed by atoms with Crippen LogP contribution in [0.3, 0.4) is 0 Å². The van der Waals surface area contributed by atoms with Crippen molar-refractivity contribution in [2.24, 2.45) is 0 Å². The highest BCUT2D eigenvalue weighted by Gasteiger charge is 2.17. The van der Waals surface area contributed by atoms with Gasteiger partial charge in [-0.25, -0.2) is 13.1 Å². The van der Waals surface area contributed by atoms with Crippen LogP contribution in [0.1, 0.15) is 12.0 Å². The van der Waals surface area contributed by atoms with Gasteiger partial charge < -0.3 is 5.11 Å². The van der Waals surface area contributed by atoms with Crippen LogP contribution in [0, 0.1) is 11.8 Å². The summed E-state index contributed by atoms with van der Waals surface area (Å²) in [5.41, 5.74) is 0.561. The molecule has 0 saturated heterocycles. The minimum Gasteiger partial charge on any atom is -0.384 e. The Morgan fingerprint density at radius 2 is 2.20 bits per heavy atom. The van der Waals surface area contributed by atoms with E-state index < -0.39 is 10.0 Å². The Kier molecular flexibility index (Phi) is 7.41. The fraction of sp³-hybridized carbons (Fsp3) is 0.385. The van der Waals surface area contributed by atoms with Crippen molar-refractivity contribution >= 4 is 33.4 Å². The van der Waals surface area contributed by atoms with Crippen molar-refractivity contribution in [3.05, 3.63) is 28.8 Å². The van der Waals surface area contributed by atoms with Gasteiger partial charge in [0.1, 0.15) is 11.5 Å². The summed E-state index contributed by atoms with van der Waals surface area (Å²) in [6.45, 7) is 0.125. The van der Waals surface area contributed by atoms with Crippen LogP contribution in [-0.4, -0.2) is 38.7 Å². The van der Waals surface area contributed by atoms with E-state index >= 15 is 0 Å². The largest absolute Gasteiger partial charge is 0.384 e. The molecule has 0 aromatic heterocycles. The summed E-state index contributed by atoms with van der Waals surface area (Å²) >= 11 is 7.64. The number of halogens is 1. The van der Waals surface area contributed by atoms with E-state index in [9.17, 15) is 8.42 Å². The first-order chi connectivity index (χ1) is 9.51. The average molecular weight is 334 g/mol. The molecule has 0 bridgehead atoms. The zero-order valence-corrected chi connectivity index (χ0v) is 13.4. The lowest BCUT2D eigenvalue weighted by molar-refractivity contribution is 0.350. The van der Waals surface area contributed by atoms with E-state index in [0.717, 1.165) is 12.2 Å². The van der Waals surface area contributed by atoms with Crippen LogP contribution in [0.25, 0.3) is 0 Å². The third kappa shape index (κ3) is 5.35.